The molecule has 5 heteroatoms. The van der Waals surface area contributed by atoms with Crippen LogP contribution in [0.25, 0.3) is 0 Å². The first-order chi connectivity index (χ1) is 8.59. The minimum Gasteiger partial charge on any atom is -0.368 e. The zero-order valence-electron chi connectivity index (χ0n) is 10.8. The van der Waals surface area contributed by atoms with Gasteiger partial charge in [-0.2, -0.15) is 0 Å². The third kappa shape index (κ3) is 2.83. The highest BCUT2D eigenvalue weighted by atomic mass is 16.2. The van der Waals surface area contributed by atoms with Crippen molar-refractivity contribution in [2.75, 3.05) is 6.54 Å². The molecular weight excluding hydrogens is 230 g/mol. The SMILES string of the molecule is NC(=O)CN(C(=O)C1CCCC1N)C1CCCC1. The van der Waals surface area contributed by atoms with Gasteiger partial charge in [0.25, 0.3) is 0 Å². The lowest BCUT2D eigenvalue weighted by Gasteiger charge is -2.31. The van der Waals surface area contributed by atoms with Crippen LogP contribution in [0.15, 0.2) is 0 Å². The summed E-state index contributed by atoms with van der Waals surface area (Å²) < 4.78 is 0. The molecule has 2 saturated carbocycles. The predicted molar refractivity (Wildman–Crippen MR) is 68.5 cm³/mol. The van der Waals surface area contributed by atoms with Crippen LogP contribution < -0.4 is 11.5 Å². The van der Waals surface area contributed by atoms with Crippen LogP contribution in [0, 0.1) is 5.92 Å². The Morgan fingerprint density at radius 1 is 1.06 bits per heavy atom. The molecule has 0 aromatic heterocycles. The summed E-state index contributed by atoms with van der Waals surface area (Å²) in [5, 5.41) is 0. The van der Waals surface area contributed by atoms with Gasteiger partial charge in [-0.15, -0.1) is 0 Å². The Morgan fingerprint density at radius 3 is 2.22 bits per heavy atom. The highest BCUT2D eigenvalue weighted by Crippen LogP contribution is 2.30. The van der Waals surface area contributed by atoms with Gasteiger partial charge in [-0.1, -0.05) is 19.3 Å². The van der Waals surface area contributed by atoms with Gasteiger partial charge < -0.3 is 16.4 Å². The Bertz CT molecular complexity index is 326. The molecule has 18 heavy (non-hydrogen) atoms. The van der Waals surface area contributed by atoms with Crippen molar-refractivity contribution >= 4 is 11.8 Å². The molecule has 2 aliphatic carbocycles. The molecule has 5 nitrogen and oxygen atoms in total. The van der Waals surface area contributed by atoms with E-state index >= 15 is 0 Å². The fraction of sp³-hybridized carbons (Fsp3) is 0.846. The van der Waals surface area contributed by atoms with Crippen LogP contribution >= 0.6 is 0 Å². The van der Waals surface area contributed by atoms with Crippen molar-refractivity contribution in [3.05, 3.63) is 0 Å². The van der Waals surface area contributed by atoms with Crippen LogP contribution in [-0.2, 0) is 9.59 Å². The van der Waals surface area contributed by atoms with Gasteiger partial charge in [0.15, 0.2) is 0 Å². The second-order valence-corrected chi connectivity index (χ2v) is 5.57. The maximum absolute atomic E-state index is 12.5. The number of hydrogen-bond acceptors (Lipinski definition) is 3. The second-order valence-electron chi connectivity index (χ2n) is 5.57. The summed E-state index contributed by atoms with van der Waals surface area (Å²) in [6, 6.07) is 0.145. The number of carbonyl (C=O) groups excluding carboxylic acids is 2. The number of nitrogens with two attached hydrogens (primary N) is 2. The molecule has 0 spiro atoms. The third-order valence-electron chi connectivity index (χ3n) is 4.26. The zero-order valence-corrected chi connectivity index (χ0v) is 10.8. The lowest BCUT2D eigenvalue weighted by atomic mass is 10.0. The Balaban J connectivity index is 2.06. The standard InChI is InChI=1S/C13H23N3O2/c14-11-7-3-6-10(11)13(18)16(8-12(15)17)9-4-1-2-5-9/h9-11H,1-8,14H2,(H2,15,17). The largest absolute Gasteiger partial charge is 0.368 e. The van der Waals surface area contributed by atoms with E-state index in [0.29, 0.717) is 0 Å². The summed E-state index contributed by atoms with van der Waals surface area (Å²) in [7, 11) is 0. The number of nitrogens with zero attached hydrogens (tertiary/aromatic N) is 1. The third-order valence-corrected chi connectivity index (χ3v) is 4.26. The van der Waals surface area contributed by atoms with Crippen molar-refractivity contribution in [2.45, 2.75) is 57.0 Å². The van der Waals surface area contributed by atoms with Crippen LogP contribution in [0.4, 0.5) is 0 Å². The van der Waals surface area contributed by atoms with Crippen LogP contribution in [0.5, 0.6) is 0 Å². The van der Waals surface area contributed by atoms with Crippen LogP contribution in [0.1, 0.15) is 44.9 Å². The maximum Gasteiger partial charge on any atom is 0.237 e. The lowest BCUT2D eigenvalue weighted by molar-refractivity contribution is -0.141. The van der Waals surface area contributed by atoms with Crippen LogP contribution in [0.2, 0.25) is 0 Å². The van der Waals surface area contributed by atoms with Crippen molar-refractivity contribution in [3.63, 3.8) is 0 Å². The Hall–Kier alpha value is -1.10. The van der Waals surface area contributed by atoms with E-state index in [9.17, 15) is 9.59 Å². The Morgan fingerprint density at radius 2 is 1.72 bits per heavy atom. The molecule has 0 bridgehead atoms. The summed E-state index contributed by atoms with van der Waals surface area (Å²) in [5.74, 6) is -0.488. The fourth-order valence-corrected chi connectivity index (χ4v) is 3.28. The highest BCUT2D eigenvalue weighted by molar-refractivity contribution is 5.86. The molecule has 2 amide bonds. The summed E-state index contributed by atoms with van der Waals surface area (Å²) >= 11 is 0. The summed E-state index contributed by atoms with van der Waals surface area (Å²) in [5.41, 5.74) is 11.3. The molecule has 0 aliphatic heterocycles. The average Bonchev–Trinajstić information content (AvgIpc) is 2.95. The maximum atomic E-state index is 12.5. The molecule has 0 aromatic rings. The summed E-state index contributed by atoms with van der Waals surface area (Å²) in [6.07, 6.45) is 7.00. The first-order valence-electron chi connectivity index (χ1n) is 6.94. The van der Waals surface area contributed by atoms with Crippen molar-refractivity contribution in [1.82, 2.24) is 4.90 Å². The number of rotatable bonds is 4. The van der Waals surface area contributed by atoms with Gasteiger partial charge in [-0.3, -0.25) is 9.59 Å². The second kappa shape index (κ2) is 5.69. The van der Waals surface area contributed by atoms with E-state index in [1.807, 2.05) is 0 Å². The summed E-state index contributed by atoms with van der Waals surface area (Å²) in [4.78, 5) is 25.4. The molecule has 0 radical (unpaired) electrons. The molecule has 0 heterocycles. The monoisotopic (exact) mass is 253 g/mol. The molecule has 2 fully saturated rings. The van der Waals surface area contributed by atoms with Crippen LogP contribution in [0.3, 0.4) is 0 Å². The van der Waals surface area contributed by atoms with E-state index in [-0.39, 0.29) is 30.5 Å². The lowest BCUT2D eigenvalue weighted by Crippen LogP contribution is -2.49. The molecule has 2 atom stereocenters. The van der Waals surface area contributed by atoms with E-state index < -0.39 is 5.91 Å². The van der Waals surface area contributed by atoms with Gasteiger partial charge in [-0.25, -0.2) is 0 Å². The molecule has 2 aliphatic rings. The first kappa shape index (κ1) is 13.3. The van der Waals surface area contributed by atoms with Crippen molar-refractivity contribution in [2.24, 2.45) is 17.4 Å². The molecule has 0 aromatic carbocycles. The van der Waals surface area contributed by atoms with Gasteiger partial charge in [-0.05, 0) is 25.7 Å². The molecule has 2 rings (SSSR count). The smallest absolute Gasteiger partial charge is 0.237 e. The number of amides is 2. The van der Waals surface area contributed by atoms with Gasteiger partial charge in [0.2, 0.25) is 11.8 Å². The van der Waals surface area contributed by atoms with Crippen molar-refractivity contribution < 1.29 is 9.59 Å². The molecule has 0 saturated heterocycles. The van der Waals surface area contributed by atoms with Crippen molar-refractivity contribution in [3.8, 4) is 0 Å². The van der Waals surface area contributed by atoms with E-state index in [2.05, 4.69) is 0 Å². The van der Waals surface area contributed by atoms with Gasteiger partial charge in [0.05, 0.1) is 12.5 Å². The molecule has 2 unspecified atom stereocenters. The molecule has 102 valence electrons. The Kier molecular flexibility index (Phi) is 4.22. The summed E-state index contributed by atoms with van der Waals surface area (Å²) in [6.45, 7) is 0.0483. The first-order valence-corrected chi connectivity index (χ1v) is 6.94. The topological polar surface area (TPSA) is 89.4 Å². The predicted octanol–water partition coefficient (Wildman–Crippen LogP) is 0.370. The number of primary amides is 1. The Labute approximate surface area is 108 Å². The molecular formula is C13H23N3O2. The quantitative estimate of drug-likeness (QED) is 0.758. The van der Waals surface area contributed by atoms with E-state index in [1.54, 1.807) is 4.90 Å². The van der Waals surface area contributed by atoms with E-state index in [4.69, 9.17) is 11.5 Å². The van der Waals surface area contributed by atoms with Crippen LogP contribution in [-0.4, -0.2) is 35.3 Å². The van der Waals surface area contributed by atoms with E-state index in [0.717, 1.165) is 44.9 Å². The highest BCUT2D eigenvalue weighted by Gasteiger charge is 2.37. The fourth-order valence-electron chi connectivity index (χ4n) is 3.28. The average molecular weight is 253 g/mol. The van der Waals surface area contributed by atoms with Crippen molar-refractivity contribution in [1.29, 1.82) is 0 Å². The number of carbonyl (C=O) groups is 2. The zero-order chi connectivity index (χ0) is 13.1. The number of hydrogen-bond donors (Lipinski definition) is 2. The van der Waals surface area contributed by atoms with E-state index in [1.165, 1.54) is 0 Å². The van der Waals surface area contributed by atoms with Gasteiger partial charge >= 0.3 is 0 Å². The van der Waals surface area contributed by atoms with Gasteiger partial charge in [0, 0.05) is 12.1 Å². The minimum absolute atomic E-state index is 0.0469. The van der Waals surface area contributed by atoms with Gasteiger partial charge in [0.1, 0.15) is 0 Å². The normalized spacial score (nSPS) is 28.5. The minimum atomic E-state index is -0.429. The molecule has 4 N–H and O–H groups in total.